The summed E-state index contributed by atoms with van der Waals surface area (Å²) >= 11 is 5.94. The zero-order valence-corrected chi connectivity index (χ0v) is 8.17. The zero-order valence-electron chi connectivity index (χ0n) is 7.42. The van der Waals surface area contributed by atoms with Crippen molar-refractivity contribution >= 4 is 23.1 Å². The third-order valence-corrected chi connectivity index (χ3v) is 2.58. The molecule has 2 unspecified atom stereocenters. The minimum atomic E-state index is 0.536. The molecule has 0 radical (unpaired) electrons. The van der Waals surface area contributed by atoms with E-state index in [2.05, 4.69) is 17.2 Å². The largest absolute Gasteiger partial charge is 0.397 e. The molecule has 4 heteroatoms. The van der Waals surface area contributed by atoms with Gasteiger partial charge in [0, 0.05) is 6.04 Å². The van der Waals surface area contributed by atoms with Crippen LogP contribution in [0.5, 0.6) is 0 Å². The van der Waals surface area contributed by atoms with Crippen LogP contribution >= 0.6 is 11.6 Å². The van der Waals surface area contributed by atoms with Gasteiger partial charge in [-0.3, -0.25) is 0 Å². The molecule has 0 saturated heterocycles. The van der Waals surface area contributed by atoms with Gasteiger partial charge in [0.2, 0.25) is 0 Å². The molecule has 0 aliphatic heterocycles. The normalized spacial score (nSPS) is 25.7. The molecule has 1 fully saturated rings. The van der Waals surface area contributed by atoms with E-state index in [4.69, 9.17) is 17.3 Å². The Kier molecular flexibility index (Phi) is 2.04. The molecular formula is C9H12ClN3. The second-order valence-electron chi connectivity index (χ2n) is 3.56. The fourth-order valence-electron chi connectivity index (χ4n) is 1.26. The lowest BCUT2D eigenvalue weighted by Gasteiger charge is -2.06. The highest BCUT2D eigenvalue weighted by Gasteiger charge is 2.32. The van der Waals surface area contributed by atoms with Crippen LogP contribution in [-0.2, 0) is 0 Å². The number of nitrogens with zero attached hydrogens (tertiary/aromatic N) is 1. The number of nitrogen functional groups attached to an aromatic ring is 1. The first-order valence-electron chi connectivity index (χ1n) is 4.34. The fourth-order valence-corrected chi connectivity index (χ4v) is 1.49. The number of anilines is 2. The molecule has 13 heavy (non-hydrogen) atoms. The van der Waals surface area contributed by atoms with Crippen LogP contribution in [0.1, 0.15) is 13.3 Å². The summed E-state index contributed by atoms with van der Waals surface area (Å²) in [5.74, 6) is 1.47. The smallest absolute Gasteiger partial charge is 0.145 e. The van der Waals surface area contributed by atoms with Gasteiger partial charge in [-0.05, 0) is 18.4 Å². The fraction of sp³-hybridized carbons (Fsp3) is 0.444. The van der Waals surface area contributed by atoms with Gasteiger partial charge in [0.15, 0.2) is 0 Å². The third-order valence-electron chi connectivity index (χ3n) is 2.29. The molecule has 2 rings (SSSR count). The van der Waals surface area contributed by atoms with Crippen molar-refractivity contribution in [3.8, 4) is 0 Å². The summed E-state index contributed by atoms with van der Waals surface area (Å²) in [4.78, 5) is 4.12. The Morgan fingerprint density at radius 2 is 2.38 bits per heavy atom. The van der Waals surface area contributed by atoms with E-state index in [0.717, 1.165) is 11.7 Å². The van der Waals surface area contributed by atoms with Crippen LogP contribution in [0.2, 0.25) is 5.02 Å². The number of nitrogens with two attached hydrogens (primary N) is 1. The molecule has 3 nitrogen and oxygen atoms in total. The van der Waals surface area contributed by atoms with Crippen LogP contribution in [0.25, 0.3) is 0 Å². The molecule has 1 heterocycles. The Bertz CT molecular complexity index is 327. The molecule has 2 atom stereocenters. The van der Waals surface area contributed by atoms with Gasteiger partial charge in [-0.2, -0.15) is 0 Å². The van der Waals surface area contributed by atoms with E-state index in [1.165, 1.54) is 6.42 Å². The van der Waals surface area contributed by atoms with Crippen molar-refractivity contribution in [1.82, 2.24) is 4.98 Å². The molecule has 1 aromatic heterocycles. The summed E-state index contributed by atoms with van der Waals surface area (Å²) in [5.41, 5.74) is 6.12. The van der Waals surface area contributed by atoms with Gasteiger partial charge >= 0.3 is 0 Å². The molecule has 0 aromatic carbocycles. The van der Waals surface area contributed by atoms with E-state index < -0.39 is 0 Å². The SMILES string of the molecule is CC1CC1Nc1ncc(N)cc1Cl. The molecule has 0 spiro atoms. The van der Waals surface area contributed by atoms with Crippen LogP contribution in [0.4, 0.5) is 11.5 Å². The molecule has 0 bridgehead atoms. The van der Waals surface area contributed by atoms with Crippen LogP contribution in [-0.4, -0.2) is 11.0 Å². The van der Waals surface area contributed by atoms with E-state index in [1.807, 2.05) is 0 Å². The highest BCUT2D eigenvalue weighted by atomic mass is 35.5. The summed E-state index contributed by atoms with van der Waals surface area (Å²) in [7, 11) is 0. The van der Waals surface area contributed by atoms with Crippen molar-refractivity contribution in [2.24, 2.45) is 5.92 Å². The van der Waals surface area contributed by atoms with Gasteiger partial charge in [0.05, 0.1) is 16.9 Å². The first kappa shape index (κ1) is 8.63. The average Bonchev–Trinajstić information content (AvgIpc) is 2.73. The average molecular weight is 198 g/mol. The van der Waals surface area contributed by atoms with Gasteiger partial charge in [-0.25, -0.2) is 4.98 Å². The molecule has 70 valence electrons. The van der Waals surface area contributed by atoms with E-state index >= 15 is 0 Å². The van der Waals surface area contributed by atoms with Gasteiger partial charge in [0.25, 0.3) is 0 Å². The quantitative estimate of drug-likeness (QED) is 0.764. The third kappa shape index (κ3) is 1.86. The number of pyridine rings is 1. The summed E-state index contributed by atoms with van der Waals surface area (Å²) in [6, 6.07) is 2.25. The van der Waals surface area contributed by atoms with Crippen LogP contribution in [0.3, 0.4) is 0 Å². The van der Waals surface area contributed by atoms with E-state index in [9.17, 15) is 0 Å². The molecule has 1 aliphatic carbocycles. The predicted molar refractivity (Wildman–Crippen MR) is 54.9 cm³/mol. The molecule has 1 saturated carbocycles. The first-order valence-corrected chi connectivity index (χ1v) is 4.72. The summed E-state index contributed by atoms with van der Waals surface area (Å²) in [6.45, 7) is 2.20. The maximum atomic E-state index is 5.94. The molecule has 1 aliphatic rings. The van der Waals surface area contributed by atoms with Crippen molar-refractivity contribution in [1.29, 1.82) is 0 Å². The number of rotatable bonds is 2. The zero-order chi connectivity index (χ0) is 9.42. The van der Waals surface area contributed by atoms with Crippen LogP contribution < -0.4 is 11.1 Å². The highest BCUT2D eigenvalue weighted by Crippen LogP contribution is 2.34. The Morgan fingerprint density at radius 3 is 2.92 bits per heavy atom. The van der Waals surface area contributed by atoms with Crippen molar-refractivity contribution < 1.29 is 0 Å². The standard InChI is InChI=1S/C9H12ClN3/c1-5-2-8(5)13-9-7(10)3-6(11)4-12-9/h3-5,8H,2,11H2,1H3,(H,12,13). The lowest BCUT2D eigenvalue weighted by Crippen LogP contribution is -2.06. The van der Waals surface area contributed by atoms with Crippen LogP contribution in [0, 0.1) is 5.92 Å². The number of hydrogen-bond donors (Lipinski definition) is 2. The molecule has 1 aromatic rings. The van der Waals surface area contributed by atoms with Crippen molar-refractivity contribution in [3.05, 3.63) is 17.3 Å². The number of hydrogen-bond acceptors (Lipinski definition) is 3. The highest BCUT2D eigenvalue weighted by molar-refractivity contribution is 6.33. The van der Waals surface area contributed by atoms with Gasteiger partial charge in [-0.15, -0.1) is 0 Å². The second-order valence-corrected chi connectivity index (χ2v) is 3.97. The Morgan fingerprint density at radius 1 is 1.69 bits per heavy atom. The van der Waals surface area contributed by atoms with Crippen molar-refractivity contribution in [2.75, 3.05) is 11.1 Å². The van der Waals surface area contributed by atoms with Gasteiger partial charge < -0.3 is 11.1 Å². The van der Waals surface area contributed by atoms with E-state index in [0.29, 0.717) is 16.8 Å². The number of aromatic nitrogens is 1. The molecular weight excluding hydrogens is 186 g/mol. The maximum absolute atomic E-state index is 5.94. The lowest BCUT2D eigenvalue weighted by molar-refractivity contribution is 0.924. The Balaban J connectivity index is 2.11. The minimum Gasteiger partial charge on any atom is -0.397 e. The number of halogens is 1. The Labute approximate surface area is 82.3 Å². The minimum absolute atomic E-state index is 0.536. The number of nitrogens with one attached hydrogen (secondary N) is 1. The monoisotopic (exact) mass is 197 g/mol. The Hall–Kier alpha value is -0.960. The summed E-state index contributed by atoms with van der Waals surface area (Å²) in [6.07, 6.45) is 2.81. The first-order chi connectivity index (χ1) is 6.16. The lowest BCUT2D eigenvalue weighted by atomic mass is 10.4. The van der Waals surface area contributed by atoms with Crippen molar-refractivity contribution in [2.45, 2.75) is 19.4 Å². The van der Waals surface area contributed by atoms with Crippen molar-refractivity contribution in [3.63, 3.8) is 0 Å². The molecule has 3 N–H and O–H groups in total. The summed E-state index contributed by atoms with van der Waals surface area (Å²) in [5, 5.41) is 3.86. The van der Waals surface area contributed by atoms with Crippen LogP contribution in [0.15, 0.2) is 12.3 Å². The van der Waals surface area contributed by atoms with Gasteiger partial charge in [-0.1, -0.05) is 18.5 Å². The second kappa shape index (κ2) is 3.07. The van der Waals surface area contributed by atoms with E-state index in [-0.39, 0.29) is 0 Å². The topological polar surface area (TPSA) is 50.9 Å². The predicted octanol–water partition coefficient (Wildman–Crippen LogP) is 2.14. The summed E-state index contributed by atoms with van der Waals surface area (Å²) < 4.78 is 0. The molecule has 0 amide bonds. The van der Waals surface area contributed by atoms with Gasteiger partial charge in [0.1, 0.15) is 5.82 Å². The maximum Gasteiger partial charge on any atom is 0.145 e. The van der Waals surface area contributed by atoms with E-state index in [1.54, 1.807) is 12.3 Å².